The van der Waals surface area contributed by atoms with Gasteiger partial charge in [0, 0.05) is 12.7 Å². The number of aryl methyl sites for hydroxylation is 1. The van der Waals surface area contributed by atoms with Gasteiger partial charge in [-0.3, -0.25) is 9.48 Å². The molecule has 132 valence electrons. The van der Waals surface area contributed by atoms with Gasteiger partial charge in [0.15, 0.2) is 6.29 Å². The SMILES string of the molecule is CCCn1nccc1C1=C(COc2cccc(F)c2C=O)CCCC1. The highest BCUT2D eigenvalue weighted by Gasteiger charge is 2.19. The molecule has 1 aliphatic carbocycles. The molecule has 0 fully saturated rings. The molecule has 0 bridgehead atoms. The molecule has 0 spiro atoms. The van der Waals surface area contributed by atoms with Gasteiger partial charge in [-0.1, -0.05) is 13.0 Å². The third-order valence-electron chi connectivity index (χ3n) is 4.58. The molecule has 1 heterocycles. The van der Waals surface area contributed by atoms with E-state index in [1.165, 1.54) is 17.2 Å². The van der Waals surface area contributed by atoms with Crippen LogP contribution in [0, 0.1) is 5.82 Å². The minimum atomic E-state index is -0.550. The van der Waals surface area contributed by atoms with Gasteiger partial charge in [-0.05, 0) is 61.4 Å². The summed E-state index contributed by atoms with van der Waals surface area (Å²) in [5.74, 6) is -0.249. The predicted molar refractivity (Wildman–Crippen MR) is 95.2 cm³/mol. The molecule has 1 aromatic carbocycles. The highest BCUT2D eigenvalue weighted by Crippen LogP contribution is 2.33. The largest absolute Gasteiger partial charge is 0.488 e. The molecule has 3 rings (SSSR count). The highest BCUT2D eigenvalue weighted by molar-refractivity contribution is 5.79. The van der Waals surface area contributed by atoms with Gasteiger partial charge in [-0.2, -0.15) is 5.10 Å². The second kappa shape index (κ2) is 8.10. The van der Waals surface area contributed by atoms with Crippen LogP contribution in [0.5, 0.6) is 5.75 Å². The molecule has 0 atom stereocenters. The van der Waals surface area contributed by atoms with Crippen molar-refractivity contribution in [3.05, 3.63) is 53.1 Å². The molecule has 2 aromatic rings. The Morgan fingerprint density at radius 1 is 1.28 bits per heavy atom. The molecule has 0 unspecified atom stereocenters. The molecule has 0 saturated carbocycles. The molecule has 4 nitrogen and oxygen atoms in total. The molecule has 0 amide bonds. The quantitative estimate of drug-likeness (QED) is 0.688. The number of halogens is 1. The summed E-state index contributed by atoms with van der Waals surface area (Å²) in [5, 5.41) is 4.42. The van der Waals surface area contributed by atoms with Gasteiger partial charge >= 0.3 is 0 Å². The number of hydrogen-bond acceptors (Lipinski definition) is 3. The molecule has 1 aliphatic rings. The first kappa shape index (κ1) is 17.4. The molecule has 0 aliphatic heterocycles. The minimum absolute atomic E-state index is 0.0171. The Morgan fingerprint density at radius 3 is 2.92 bits per heavy atom. The average Bonchev–Trinajstić information content (AvgIpc) is 3.08. The molecule has 5 heteroatoms. The van der Waals surface area contributed by atoms with Crippen molar-refractivity contribution in [1.29, 1.82) is 0 Å². The number of aromatic nitrogens is 2. The summed E-state index contributed by atoms with van der Waals surface area (Å²) in [6, 6.07) is 6.52. The highest BCUT2D eigenvalue weighted by atomic mass is 19.1. The van der Waals surface area contributed by atoms with Crippen molar-refractivity contribution in [2.75, 3.05) is 6.61 Å². The number of benzene rings is 1. The van der Waals surface area contributed by atoms with Crippen LogP contribution in [0.1, 0.15) is 55.1 Å². The van der Waals surface area contributed by atoms with E-state index in [2.05, 4.69) is 18.1 Å². The topological polar surface area (TPSA) is 44.1 Å². The summed E-state index contributed by atoms with van der Waals surface area (Å²) in [6.45, 7) is 3.39. The standard InChI is InChI=1S/C20H23FN2O2/c1-2-12-23-19(10-11-22-23)16-7-4-3-6-15(16)14-25-20-9-5-8-18(21)17(20)13-24/h5,8-11,13H,2-4,6-7,12,14H2,1H3. The monoisotopic (exact) mass is 342 g/mol. The van der Waals surface area contributed by atoms with Crippen LogP contribution in [0.25, 0.3) is 5.57 Å². The Bertz CT molecular complexity index is 780. The maximum atomic E-state index is 13.7. The van der Waals surface area contributed by atoms with Crippen molar-refractivity contribution in [3.63, 3.8) is 0 Å². The summed E-state index contributed by atoms with van der Waals surface area (Å²) in [6.07, 6.45) is 7.60. The maximum Gasteiger partial charge on any atom is 0.156 e. The maximum absolute atomic E-state index is 13.7. The van der Waals surface area contributed by atoms with Gasteiger partial charge in [0.25, 0.3) is 0 Å². The average molecular weight is 342 g/mol. The summed E-state index contributed by atoms with van der Waals surface area (Å²) in [7, 11) is 0. The normalized spacial score (nSPS) is 14.6. The summed E-state index contributed by atoms with van der Waals surface area (Å²) in [5.41, 5.74) is 3.62. The molecule has 0 N–H and O–H groups in total. The van der Waals surface area contributed by atoms with Gasteiger partial charge in [-0.15, -0.1) is 0 Å². The van der Waals surface area contributed by atoms with Gasteiger partial charge < -0.3 is 4.74 Å². The molecule has 25 heavy (non-hydrogen) atoms. The van der Waals surface area contributed by atoms with Crippen molar-refractivity contribution < 1.29 is 13.9 Å². The van der Waals surface area contributed by atoms with E-state index in [0.717, 1.165) is 44.3 Å². The Balaban J connectivity index is 1.86. The molecule has 1 aromatic heterocycles. The summed E-state index contributed by atoms with van der Waals surface area (Å²) in [4.78, 5) is 11.1. The van der Waals surface area contributed by atoms with E-state index >= 15 is 0 Å². The number of carbonyl (C=O) groups is 1. The van der Waals surface area contributed by atoms with Crippen molar-refractivity contribution >= 4 is 11.9 Å². The van der Waals surface area contributed by atoms with Gasteiger partial charge in [-0.25, -0.2) is 4.39 Å². The van der Waals surface area contributed by atoms with E-state index in [0.29, 0.717) is 18.6 Å². The van der Waals surface area contributed by atoms with Crippen LogP contribution >= 0.6 is 0 Å². The zero-order chi connectivity index (χ0) is 17.6. The molecular weight excluding hydrogens is 319 g/mol. The Kier molecular flexibility index (Phi) is 5.64. The van der Waals surface area contributed by atoms with Crippen LogP contribution in [0.3, 0.4) is 0 Å². The second-order valence-electron chi connectivity index (χ2n) is 6.29. The van der Waals surface area contributed by atoms with E-state index in [1.807, 2.05) is 10.9 Å². The Labute approximate surface area is 147 Å². The van der Waals surface area contributed by atoms with Gasteiger partial charge in [0.1, 0.15) is 18.2 Å². The number of aldehydes is 1. The second-order valence-corrected chi connectivity index (χ2v) is 6.29. The first-order valence-electron chi connectivity index (χ1n) is 8.84. The third kappa shape index (κ3) is 3.81. The van der Waals surface area contributed by atoms with Crippen LogP contribution in [0.15, 0.2) is 36.0 Å². The van der Waals surface area contributed by atoms with Gasteiger partial charge in [0.05, 0.1) is 11.3 Å². The lowest BCUT2D eigenvalue weighted by molar-refractivity contribution is 0.111. The van der Waals surface area contributed by atoms with Crippen LogP contribution in [-0.2, 0) is 6.54 Å². The van der Waals surface area contributed by atoms with Crippen molar-refractivity contribution in [2.24, 2.45) is 0 Å². The van der Waals surface area contributed by atoms with Gasteiger partial charge in [0.2, 0.25) is 0 Å². The Morgan fingerprint density at radius 2 is 2.12 bits per heavy atom. The van der Waals surface area contributed by atoms with E-state index in [1.54, 1.807) is 12.1 Å². The van der Waals surface area contributed by atoms with Crippen LogP contribution in [0.2, 0.25) is 0 Å². The number of allylic oxidation sites excluding steroid dienone is 1. The fraction of sp³-hybridized carbons (Fsp3) is 0.400. The zero-order valence-electron chi connectivity index (χ0n) is 14.5. The Hall–Kier alpha value is -2.43. The summed E-state index contributed by atoms with van der Waals surface area (Å²) < 4.78 is 21.6. The van der Waals surface area contributed by atoms with E-state index < -0.39 is 5.82 Å². The number of ether oxygens (including phenoxy) is 1. The van der Waals surface area contributed by atoms with Crippen molar-refractivity contribution in [1.82, 2.24) is 9.78 Å². The first-order chi connectivity index (χ1) is 12.2. The molecular formula is C20H23FN2O2. The summed E-state index contributed by atoms with van der Waals surface area (Å²) >= 11 is 0. The zero-order valence-corrected chi connectivity index (χ0v) is 14.5. The van der Waals surface area contributed by atoms with Crippen molar-refractivity contribution in [3.8, 4) is 5.75 Å². The fourth-order valence-corrected chi connectivity index (χ4v) is 3.34. The van der Waals surface area contributed by atoms with Crippen LogP contribution in [0.4, 0.5) is 4.39 Å². The number of hydrogen-bond donors (Lipinski definition) is 0. The third-order valence-corrected chi connectivity index (χ3v) is 4.58. The van der Waals surface area contributed by atoms with Crippen LogP contribution in [-0.4, -0.2) is 22.7 Å². The van der Waals surface area contributed by atoms with Crippen molar-refractivity contribution in [2.45, 2.75) is 45.6 Å². The number of rotatable bonds is 7. The lowest BCUT2D eigenvalue weighted by Crippen LogP contribution is -2.12. The number of nitrogens with zero attached hydrogens (tertiary/aromatic N) is 2. The first-order valence-corrected chi connectivity index (χ1v) is 8.84. The molecule has 0 saturated heterocycles. The predicted octanol–water partition coefficient (Wildman–Crippen LogP) is 4.65. The lowest BCUT2D eigenvalue weighted by atomic mass is 9.90. The molecule has 0 radical (unpaired) electrons. The van der Waals surface area contributed by atoms with Crippen LogP contribution < -0.4 is 4.74 Å². The number of carbonyl (C=O) groups excluding carboxylic acids is 1. The smallest absolute Gasteiger partial charge is 0.156 e. The van der Waals surface area contributed by atoms with E-state index in [-0.39, 0.29) is 5.56 Å². The van der Waals surface area contributed by atoms with E-state index in [9.17, 15) is 9.18 Å². The van der Waals surface area contributed by atoms with E-state index in [4.69, 9.17) is 4.74 Å². The lowest BCUT2D eigenvalue weighted by Gasteiger charge is -2.22. The fourth-order valence-electron chi connectivity index (χ4n) is 3.34. The minimum Gasteiger partial charge on any atom is -0.488 e.